The lowest BCUT2D eigenvalue weighted by Gasteiger charge is -2.28. The molecule has 3 aromatic rings. The first kappa shape index (κ1) is 25.5. The number of benzene rings is 2. The summed E-state index contributed by atoms with van der Waals surface area (Å²) in [6.07, 6.45) is 7.69. The van der Waals surface area contributed by atoms with Crippen LogP contribution in [0.1, 0.15) is 30.0 Å². The van der Waals surface area contributed by atoms with Crippen LogP contribution in [-0.2, 0) is 27.2 Å². The number of carbonyl (C=O) groups is 3. The molecule has 1 unspecified atom stereocenters. The van der Waals surface area contributed by atoms with Gasteiger partial charge in [-0.3, -0.25) is 9.69 Å². The molecule has 8 nitrogen and oxygen atoms in total. The van der Waals surface area contributed by atoms with Crippen LogP contribution in [0.25, 0.3) is 16.5 Å². The Morgan fingerprint density at radius 3 is 2.58 bits per heavy atom. The molecule has 2 aliphatic rings. The fourth-order valence-corrected chi connectivity index (χ4v) is 5.20. The van der Waals surface area contributed by atoms with Crippen molar-refractivity contribution < 1.29 is 24.6 Å². The van der Waals surface area contributed by atoms with Gasteiger partial charge in [0.2, 0.25) is 5.91 Å². The Labute approximate surface area is 213 Å². The molecule has 1 aliphatic carbocycles. The monoisotopic (exact) mass is 509 g/mol. The molecule has 0 spiro atoms. The number of carbonyl (C=O) groups excluding carboxylic acids is 1. The van der Waals surface area contributed by atoms with Crippen molar-refractivity contribution in [1.29, 1.82) is 0 Å². The highest BCUT2D eigenvalue weighted by molar-refractivity contribution is 6.31. The molecular weight excluding hydrogens is 482 g/mol. The van der Waals surface area contributed by atoms with E-state index in [1.807, 2.05) is 18.2 Å². The summed E-state index contributed by atoms with van der Waals surface area (Å²) < 4.78 is 0. The standard InChI is InChI=1S/C25H26ClN3O.C2H2O4/c1-16(30)28-24-4-2-3-19-11-17(12-22(19)24)15-29-9-7-18(8-10-29)23-14-27-25-13-20(26)5-6-21(23)25;3-1(4)2(5)6/h2-7,13-14,17,27H,8-12,15H2,1H3,(H,28,30);(H,3,4)(H,5,6). The van der Waals surface area contributed by atoms with Gasteiger partial charge in [-0.1, -0.05) is 35.9 Å². The number of aromatic amines is 1. The van der Waals surface area contributed by atoms with Crippen LogP contribution in [0.3, 0.4) is 0 Å². The zero-order valence-corrected chi connectivity index (χ0v) is 20.6. The number of halogens is 1. The van der Waals surface area contributed by atoms with Crippen molar-refractivity contribution in [3.05, 3.63) is 70.4 Å². The van der Waals surface area contributed by atoms with Crippen LogP contribution in [0.15, 0.2) is 48.7 Å². The number of rotatable bonds is 4. The molecule has 0 radical (unpaired) electrons. The largest absolute Gasteiger partial charge is 0.473 e. The molecule has 5 rings (SSSR count). The predicted octanol–water partition coefficient (Wildman–Crippen LogP) is 4.44. The van der Waals surface area contributed by atoms with Gasteiger partial charge >= 0.3 is 11.9 Å². The number of aromatic nitrogens is 1. The summed E-state index contributed by atoms with van der Waals surface area (Å²) in [4.78, 5) is 35.6. The maximum absolute atomic E-state index is 11.5. The topological polar surface area (TPSA) is 123 Å². The Morgan fingerprint density at radius 1 is 1.14 bits per heavy atom. The molecule has 188 valence electrons. The molecule has 1 amide bonds. The lowest BCUT2D eigenvalue weighted by molar-refractivity contribution is -0.159. The number of carboxylic acid groups (broad SMARTS) is 2. The number of aliphatic carboxylic acids is 2. The molecule has 0 bridgehead atoms. The number of anilines is 1. The first-order valence-corrected chi connectivity index (χ1v) is 12.1. The second-order valence-corrected chi connectivity index (χ2v) is 9.58. The number of carboxylic acids is 2. The summed E-state index contributed by atoms with van der Waals surface area (Å²) in [6, 6.07) is 12.3. The molecule has 0 saturated heterocycles. The number of hydrogen-bond acceptors (Lipinski definition) is 4. The van der Waals surface area contributed by atoms with Crippen molar-refractivity contribution in [3.63, 3.8) is 0 Å². The first-order valence-electron chi connectivity index (χ1n) is 11.7. The van der Waals surface area contributed by atoms with E-state index in [1.165, 1.54) is 27.6 Å². The minimum atomic E-state index is -1.82. The molecule has 0 fully saturated rings. The van der Waals surface area contributed by atoms with E-state index in [2.05, 4.69) is 45.7 Å². The van der Waals surface area contributed by atoms with E-state index in [0.29, 0.717) is 5.92 Å². The van der Waals surface area contributed by atoms with Crippen molar-refractivity contribution in [1.82, 2.24) is 9.88 Å². The van der Waals surface area contributed by atoms with Crippen molar-refractivity contribution in [3.8, 4) is 0 Å². The third kappa shape index (κ3) is 5.95. The van der Waals surface area contributed by atoms with Crippen LogP contribution in [0, 0.1) is 5.92 Å². The summed E-state index contributed by atoms with van der Waals surface area (Å²) in [5.74, 6) is -3.04. The van der Waals surface area contributed by atoms with Gasteiger partial charge in [0, 0.05) is 59.9 Å². The minimum Gasteiger partial charge on any atom is -0.473 e. The molecule has 1 aliphatic heterocycles. The van der Waals surface area contributed by atoms with E-state index < -0.39 is 11.9 Å². The second kappa shape index (κ2) is 11.0. The van der Waals surface area contributed by atoms with Crippen LogP contribution in [0.4, 0.5) is 5.69 Å². The van der Waals surface area contributed by atoms with Gasteiger partial charge in [0.1, 0.15) is 0 Å². The fourth-order valence-electron chi connectivity index (χ4n) is 5.03. The molecule has 9 heteroatoms. The van der Waals surface area contributed by atoms with Crippen LogP contribution in [-0.4, -0.2) is 57.6 Å². The lowest BCUT2D eigenvalue weighted by Crippen LogP contribution is -2.33. The van der Waals surface area contributed by atoms with Crippen molar-refractivity contribution >= 4 is 51.6 Å². The van der Waals surface area contributed by atoms with Gasteiger partial charge in [0.15, 0.2) is 0 Å². The summed E-state index contributed by atoms with van der Waals surface area (Å²) in [5.41, 5.74) is 7.51. The fraction of sp³-hybridized carbons (Fsp3) is 0.296. The summed E-state index contributed by atoms with van der Waals surface area (Å²) in [5, 5.41) is 19.8. The SMILES string of the molecule is CC(=O)Nc1cccc2c1CC(CN1CC=C(c3c[nH]c4cc(Cl)ccc34)CC1)C2.O=C(O)C(=O)O. The molecular formula is C27H28ClN3O5. The normalized spacial score (nSPS) is 17.1. The average molecular weight is 510 g/mol. The maximum Gasteiger partial charge on any atom is 0.414 e. The zero-order chi connectivity index (χ0) is 25.8. The molecule has 1 atom stereocenters. The Balaban J connectivity index is 0.000000455. The van der Waals surface area contributed by atoms with Gasteiger partial charge in [-0.2, -0.15) is 0 Å². The quantitative estimate of drug-likeness (QED) is 0.386. The summed E-state index contributed by atoms with van der Waals surface area (Å²) >= 11 is 6.12. The highest BCUT2D eigenvalue weighted by Gasteiger charge is 2.26. The van der Waals surface area contributed by atoms with E-state index in [0.717, 1.165) is 55.1 Å². The van der Waals surface area contributed by atoms with Gasteiger partial charge in [-0.05, 0) is 60.1 Å². The molecule has 2 aromatic carbocycles. The van der Waals surface area contributed by atoms with E-state index in [-0.39, 0.29) is 5.91 Å². The third-order valence-electron chi connectivity index (χ3n) is 6.57. The summed E-state index contributed by atoms with van der Waals surface area (Å²) in [6.45, 7) is 4.74. The highest BCUT2D eigenvalue weighted by atomic mass is 35.5. The van der Waals surface area contributed by atoms with Gasteiger partial charge in [0.05, 0.1) is 0 Å². The van der Waals surface area contributed by atoms with Crippen LogP contribution < -0.4 is 5.32 Å². The summed E-state index contributed by atoms with van der Waals surface area (Å²) in [7, 11) is 0. The molecule has 36 heavy (non-hydrogen) atoms. The van der Waals surface area contributed by atoms with E-state index in [1.54, 1.807) is 6.92 Å². The van der Waals surface area contributed by atoms with Gasteiger partial charge < -0.3 is 20.5 Å². The maximum atomic E-state index is 11.5. The molecule has 4 N–H and O–H groups in total. The van der Waals surface area contributed by atoms with Gasteiger partial charge in [0.25, 0.3) is 0 Å². The minimum absolute atomic E-state index is 0.0000919. The Morgan fingerprint density at radius 2 is 1.92 bits per heavy atom. The van der Waals surface area contributed by atoms with E-state index >= 15 is 0 Å². The Hall–Kier alpha value is -3.62. The number of fused-ring (bicyclic) bond motifs is 2. The van der Waals surface area contributed by atoms with Crippen LogP contribution in [0.5, 0.6) is 0 Å². The van der Waals surface area contributed by atoms with Crippen molar-refractivity contribution in [2.45, 2.75) is 26.2 Å². The van der Waals surface area contributed by atoms with Gasteiger partial charge in [-0.25, -0.2) is 9.59 Å². The van der Waals surface area contributed by atoms with Crippen LogP contribution in [0.2, 0.25) is 5.02 Å². The predicted molar refractivity (Wildman–Crippen MR) is 139 cm³/mol. The van der Waals surface area contributed by atoms with Gasteiger partial charge in [-0.15, -0.1) is 0 Å². The average Bonchev–Trinajstić information content (AvgIpc) is 3.43. The highest BCUT2D eigenvalue weighted by Crippen LogP contribution is 2.34. The number of hydrogen-bond donors (Lipinski definition) is 4. The number of amides is 1. The van der Waals surface area contributed by atoms with Crippen molar-refractivity contribution in [2.24, 2.45) is 5.92 Å². The smallest absolute Gasteiger partial charge is 0.414 e. The van der Waals surface area contributed by atoms with Crippen molar-refractivity contribution in [2.75, 3.05) is 25.0 Å². The number of H-pyrrole nitrogens is 1. The Bertz CT molecular complexity index is 1330. The molecule has 2 heterocycles. The molecule has 1 aromatic heterocycles. The first-order chi connectivity index (χ1) is 17.2. The van der Waals surface area contributed by atoms with Crippen LogP contribution >= 0.6 is 11.6 Å². The second-order valence-electron chi connectivity index (χ2n) is 9.14. The lowest BCUT2D eigenvalue weighted by atomic mass is 9.97. The Kier molecular flexibility index (Phi) is 7.76. The number of nitrogens with one attached hydrogen (secondary N) is 2. The van der Waals surface area contributed by atoms with E-state index in [9.17, 15) is 4.79 Å². The number of nitrogens with zero attached hydrogens (tertiary/aromatic N) is 1. The zero-order valence-electron chi connectivity index (χ0n) is 19.9. The third-order valence-corrected chi connectivity index (χ3v) is 6.80. The van der Waals surface area contributed by atoms with E-state index in [4.69, 9.17) is 31.4 Å². The molecule has 0 saturated carbocycles.